The Labute approximate surface area is 385 Å². The number of thiazole rings is 2. The van der Waals surface area contributed by atoms with E-state index in [0.717, 1.165) is 42.4 Å². The van der Waals surface area contributed by atoms with Crippen molar-refractivity contribution >= 4 is 85.0 Å². The molecule has 4 aromatic carbocycles. The number of thioether (sulfide) groups is 2. The van der Waals surface area contributed by atoms with Crippen LogP contribution in [0.1, 0.15) is 27.9 Å². The van der Waals surface area contributed by atoms with E-state index in [9.17, 15) is 14.4 Å². The summed E-state index contributed by atoms with van der Waals surface area (Å²) >= 11 is 5.76. The molecule has 1 unspecified atom stereocenters. The Balaban J connectivity index is 0.955. The second kappa shape index (κ2) is 19.1. The lowest BCUT2D eigenvalue weighted by Gasteiger charge is -2.49. The van der Waals surface area contributed by atoms with Gasteiger partial charge in [0.1, 0.15) is 47.8 Å². The van der Waals surface area contributed by atoms with Gasteiger partial charge in [-0.1, -0.05) is 120 Å². The number of carbonyl (C=O) groups excluding carboxylic acids is 3. The highest BCUT2D eigenvalue weighted by atomic mass is 32.2. The largest absolute Gasteiger partial charge is 0.497 e. The molecule has 7 aromatic rings. The number of pyridine rings is 1. The van der Waals surface area contributed by atoms with Crippen LogP contribution in [0.5, 0.6) is 5.75 Å². The molecule has 0 spiro atoms. The molecule has 3 aromatic heterocycles. The van der Waals surface area contributed by atoms with Gasteiger partial charge in [0.05, 0.1) is 17.3 Å². The van der Waals surface area contributed by atoms with Gasteiger partial charge in [-0.25, -0.2) is 14.8 Å². The lowest BCUT2D eigenvalue weighted by atomic mass is 9.77. The van der Waals surface area contributed by atoms with E-state index in [2.05, 4.69) is 57.2 Å². The van der Waals surface area contributed by atoms with Crippen molar-refractivity contribution in [2.24, 2.45) is 5.16 Å². The monoisotopic (exact) mass is 925 g/mol. The Morgan fingerprint density at radius 2 is 1.56 bits per heavy atom. The van der Waals surface area contributed by atoms with Gasteiger partial charge >= 0.3 is 5.97 Å². The van der Waals surface area contributed by atoms with Crippen LogP contribution in [-0.4, -0.2) is 80.5 Å². The number of fused-ring (bicyclic) bond motifs is 2. The summed E-state index contributed by atoms with van der Waals surface area (Å²) in [5, 5.41) is 12.4. The van der Waals surface area contributed by atoms with Crippen LogP contribution < -0.4 is 15.4 Å². The van der Waals surface area contributed by atoms with E-state index in [-0.39, 0.29) is 23.7 Å². The Hall–Kier alpha value is -6.53. The van der Waals surface area contributed by atoms with Crippen LogP contribution in [-0.2, 0) is 36.1 Å². The number of ether oxygens (including phenoxy) is 2. The molecule has 2 aliphatic heterocycles. The summed E-state index contributed by atoms with van der Waals surface area (Å²) in [7, 11) is 2.92. The maximum absolute atomic E-state index is 14.2. The van der Waals surface area contributed by atoms with E-state index < -0.39 is 34.7 Å². The molecule has 5 heterocycles. The van der Waals surface area contributed by atoms with Crippen LogP contribution in [0.2, 0.25) is 0 Å². The summed E-state index contributed by atoms with van der Waals surface area (Å²) in [5.41, 5.74) is 4.73. The number of hydrogen-bond acceptors (Lipinski definition) is 15. The molecule has 9 rings (SSSR count). The Bertz CT molecular complexity index is 2730. The van der Waals surface area contributed by atoms with Gasteiger partial charge < -0.3 is 24.9 Å². The number of carbonyl (C=O) groups is 3. The molecule has 2 atom stereocenters. The van der Waals surface area contributed by atoms with Gasteiger partial charge in [0.15, 0.2) is 15.2 Å². The number of oxime groups is 1. The van der Waals surface area contributed by atoms with Crippen LogP contribution in [0.25, 0.3) is 10.2 Å². The first-order valence-corrected chi connectivity index (χ1v) is 23.7. The van der Waals surface area contributed by atoms with E-state index in [1.807, 2.05) is 72.8 Å². The molecular weight excluding hydrogens is 887 g/mol. The summed E-state index contributed by atoms with van der Waals surface area (Å²) in [4.78, 5) is 62.7. The number of aromatic nitrogens is 3. The lowest BCUT2D eigenvalue weighted by Crippen LogP contribution is -2.71. The number of anilines is 1. The fourth-order valence-corrected chi connectivity index (χ4v) is 11.8. The number of methoxy groups -OCH3 is 1. The maximum Gasteiger partial charge on any atom is 0.355 e. The first-order valence-electron chi connectivity index (χ1n) is 20.0. The third-order valence-corrected chi connectivity index (χ3v) is 15.0. The molecule has 17 heteroatoms. The fourth-order valence-electron chi connectivity index (χ4n) is 7.58. The Morgan fingerprint density at radius 1 is 0.891 bits per heavy atom. The van der Waals surface area contributed by atoms with Crippen molar-refractivity contribution in [3.8, 4) is 5.75 Å². The first-order chi connectivity index (χ1) is 31.4. The van der Waals surface area contributed by atoms with E-state index in [1.165, 1.54) is 58.2 Å². The molecule has 13 nitrogen and oxygen atoms in total. The van der Waals surface area contributed by atoms with Crippen LogP contribution in [0.15, 0.2) is 160 Å². The summed E-state index contributed by atoms with van der Waals surface area (Å²) in [6.07, 6.45) is 3.47. The van der Waals surface area contributed by atoms with Gasteiger partial charge in [0.2, 0.25) is 0 Å². The predicted molar refractivity (Wildman–Crippen MR) is 251 cm³/mol. The number of benzene rings is 4. The number of nitrogens with one attached hydrogen (secondary N) is 2. The van der Waals surface area contributed by atoms with Gasteiger partial charge in [-0.15, -0.1) is 34.4 Å². The van der Waals surface area contributed by atoms with Crippen molar-refractivity contribution in [3.63, 3.8) is 0 Å². The average molecular weight is 926 g/mol. The molecule has 0 aliphatic carbocycles. The minimum absolute atomic E-state index is 0.0118. The van der Waals surface area contributed by atoms with Gasteiger partial charge in [0.25, 0.3) is 11.8 Å². The average Bonchev–Trinajstić information content (AvgIpc) is 4.00. The highest BCUT2D eigenvalue weighted by Gasteiger charge is 2.55. The predicted octanol–water partition coefficient (Wildman–Crippen LogP) is 8.10. The zero-order chi connectivity index (χ0) is 44.0. The standard InChI is InChI=1S/C47H39N7O6S4/c1-58-34-20-18-29(19-21-34)25-60-44(57)40-30(27-63-46-50-35-22-23-48-24-37(35)64-46)26-61-43-39(42(56)54(40)43)51-41(55)38(53-59-2)36-28-62-45(49-36)52-47(31-12-6-3-7-13-31,32-14-8-4-9-15-32)33-16-10-5-11-17-33/h3-24,28,39,43H,25-27H2,1-2H3,(H,49,52)(H,51,55)/b53-38-/t39?,43-/m0/s1. The summed E-state index contributed by atoms with van der Waals surface area (Å²) < 4.78 is 12.9. The molecule has 0 radical (unpaired) electrons. The van der Waals surface area contributed by atoms with Crippen LogP contribution in [0.4, 0.5) is 5.13 Å². The molecule has 322 valence electrons. The minimum Gasteiger partial charge on any atom is -0.497 e. The zero-order valence-electron chi connectivity index (χ0n) is 34.4. The summed E-state index contributed by atoms with van der Waals surface area (Å²) in [5.74, 6) is -0.255. The quantitative estimate of drug-likeness (QED) is 0.0240. The number of β-lactam (4-membered cyclic amide) rings is 1. The van der Waals surface area contributed by atoms with E-state index in [4.69, 9.17) is 24.3 Å². The third kappa shape index (κ3) is 8.58. The smallest absolute Gasteiger partial charge is 0.355 e. The number of rotatable bonds is 16. The van der Waals surface area contributed by atoms with Crippen LogP contribution >= 0.6 is 46.2 Å². The van der Waals surface area contributed by atoms with Crippen LogP contribution in [0, 0.1) is 0 Å². The van der Waals surface area contributed by atoms with Crippen molar-refractivity contribution < 1.29 is 28.7 Å². The Morgan fingerprint density at radius 3 is 2.19 bits per heavy atom. The number of esters is 1. The third-order valence-electron chi connectivity index (χ3n) is 10.7. The molecule has 0 saturated carbocycles. The van der Waals surface area contributed by atoms with Crippen LogP contribution in [0.3, 0.4) is 0 Å². The number of hydrogen-bond donors (Lipinski definition) is 2. The topological polar surface area (TPSA) is 157 Å². The van der Waals surface area contributed by atoms with Gasteiger partial charge in [-0.05, 0) is 46.0 Å². The first kappa shape index (κ1) is 42.8. The van der Waals surface area contributed by atoms with E-state index >= 15 is 0 Å². The van der Waals surface area contributed by atoms with Crippen molar-refractivity contribution in [1.29, 1.82) is 0 Å². The van der Waals surface area contributed by atoms with Gasteiger partial charge in [0, 0.05) is 29.3 Å². The lowest BCUT2D eigenvalue weighted by molar-refractivity contribution is -0.153. The highest BCUT2D eigenvalue weighted by molar-refractivity contribution is 8.02. The molecule has 1 saturated heterocycles. The SMILES string of the molecule is CO/N=C(\C(=O)NC1C(=O)N2C(C(=O)OCc3ccc(OC)cc3)=C(CSc3nc4ccncc4s3)CS[C@@H]12)c1csc(NC(c2ccccc2)(c2ccccc2)c2ccccc2)n1. The number of amides is 2. The normalized spacial score (nSPS) is 16.2. The fraction of sp³-hybridized carbons (Fsp3) is 0.170. The zero-order valence-corrected chi connectivity index (χ0v) is 37.6. The summed E-state index contributed by atoms with van der Waals surface area (Å²) in [6.45, 7) is -0.0118. The van der Waals surface area contributed by atoms with Crippen molar-refractivity contribution in [2.45, 2.75) is 27.9 Å². The summed E-state index contributed by atoms with van der Waals surface area (Å²) in [6, 6.07) is 38.4. The molecule has 2 aliphatic rings. The molecule has 1 fully saturated rings. The highest BCUT2D eigenvalue weighted by Crippen LogP contribution is 2.44. The van der Waals surface area contributed by atoms with E-state index in [1.54, 1.807) is 37.0 Å². The molecule has 0 bridgehead atoms. The second-order valence-corrected chi connectivity index (χ2v) is 18.7. The van der Waals surface area contributed by atoms with Gasteiger partial charge in [-0.2, -0.15) is 0 Å². The van der Waals surface area contributed by atoms with Crippen molar-refractivity contribution in [2.75, 3.05) is 31.0 Å². The van der Waals surface area contributed by atoms with E-state index in [0.29, 0.717) is 22.4 Å². The van der Waals surface area contributed by atoms with Gasteiger partial charge in [-0.3, -0.25) is 19.5 Å². The van der Waals surface area contributed by atoms with Crippen molar-refractivity contribution in [1.82, 2.24) is 25.2 Å². The molecular formula is C47H39N7O6S4. The molecule has 2 N–H and O–H groups in total. The minimum atomic E-state index is -0.965. The molecule has 64 heavy (non-hydrogen) atoms. The molecule has 2 amide bonds. The maximum atomic E-state index is 14.2. The second-order valence-electron chi connectivity index (χ2n) is 14.5. The Kier molecular flexibility index (Phi) is 12.7. The van der Waals surface area contributed by atoms with Crippen molar-refractivity contribution in [3.05, 3.63) is 178 Å². The number of nitrogens with zero attached hydrogens (tertiary/aromatic N) is 5.